The maximum Gasteiger partial charge on any atom is 0.269 e. The number of hydrogen-bond donors (Lipinski definition) is 4. The number of non-ortho nitro benzene ring substituents is 1. The van der Waals surface area contributed by atoms with Crippen molar-refractivity contribution in [3.05, 3.63) is 39.9 Å². The molecule has 4 N–H and O–H groups in total. The first-order chi connectivity index (χ1) is 9.27. The molecule has 8 nitrogen and oxygen atoms in total. The van der Waals surface area contributed by atoms with E-state index >= 15 is 0 Å². The minimum absolute atomic E-state index is 0.0494. The fraction of sp³-hybridized carbons (Fsp3) is 0.500. The molecule has 20 heavy (non-hydrogen) atoms. The summed E-state index contributed by atoms with van der Waals surface area (Å²) in [6.45, 7) is 1.43. The molecule has 1 fully saturated rings. The summed E-state index contributed by atoms with van der Waals surface area (Å²) in [6.07, 6.45) is -5.65. The first-order valence-corrected chi connectivity index (χ1v) is 5.96. The summed E-state index contributed by atoms with van der Waals surface area (Å²) in [5, 5.41) is 50.1. The predicted molar refractivity (Wildman–Crippen MR) is 65.6 cm³/mol. The zero-order chi connectivity index (χ0) is 15.1. The molecule has 0 bridgehead atoms. The van der Waals surface area contributed by atoms with Gasteiger partial charge in [0.2, 0.25) is 5.79 Å². The van der Waals surface area contributed by atoms with Gasteiger partial charge < -0.3 is 25.2 Å². The second-order valence-corrected chi connectivity index (χ2v) is 4.75. The highest BCUT2D eigenvalue weighted by atomic mass is 16.7. The van der Waals surface area contributed by atoms with Gasteiger partial charge in [0.05, 0.1) is 11.0 Å². The minimum atomic E-state index is -2.24. The Morgan fingerprint density at radius 1 is 1.20 bits per heavy atom. The van der Waals surface area contributed by atoms with Crippen molar-refractivity contribution in [1.29, 1.82) is 0 Å². The SMILES string of the molecule is C[C@H]1O[C@@](O)(c2ccc([N+](=O)[O-])cc2)[C@@H](O)[C@@H](O)[C@@H]1O. The monoisotopic (exact) mass is 285 g/mol. The molecule has 0 radical (unpaired) electrons. The zero-order valence-electron chi connectivity index (χ0n) is 10.6. The highest BCUT2D eigenvalue weighted by Gasteiger charge is 2.52. The molecule has 110 valence electrons. The van der Waals surface area contributed by atoms with Crippen molar-refractivity contribution in [2.24, 2.45) is 0 Å². The van der Waals surface area contributed by atoms with Crippen LogP contribution < -0.4 is 0 Å². The molecular weight excluding hydrogens is 270 g/mol. The Morgan fingerprint density at radius 2 is 1.75 bits per heavy atom. The van der Waals surface area contributed by atoms with Crippen LogP contribution in [0.4, 0.5) is 5.69 Å². The summed E-state index contributed by atoms with van der Waals surface area (Å²) in [5.41, 5.74) is -0.135. The van der Waals surface area contributed by atoms with Gasteiger partial charge in [-0.1, -0.05) is 0 Å². The Kier molecular flexibility index (Phi) is 3.76. The zero-order valence-corrected chi connectivity index (χ0v) is 10.6. The van der Waals surface area contributed by atoms with E-state index in [1.54, 1.807) is 0 Å². The number of nitro groups is 1. The van der Waals surface area contributed by atoms with Crippen LogP contribution in [-0.2, 0) is 10.5 Å². The molecule has 2 rings (SSSR count). The summed E-state index contributed by atoms with van der Waals surface area (Å²) in [7, 11) is 0. The van der Waals surface area contributed by atoms with Gasteiger partial charge in [-0.25, -0.2) is 0 Å². The topological polar surface area (TPSA) is 133 Å². The number of aliphatic hydroxyl groups excluding tert-OH is 3. The molecule has 1 aromatic rings. The molecule has 0 unspecified atom stereocenters. The Bertz CT molecular complexity index is 505. The second-order valence-electron chi connectivity index (χ2n) is 4.75. The molecule has 5 atom stereocenters. The average molecular weight is 285 g/mol. The number of nitrogens with zero attached hydrogens (tertiary/aromatic N) is 1. The first-order valence-electron chi connectivity index (χ1n) is 5.96. The summed E-state index contributed by atoms with van der Waals surface area (Å²) >= 11 is 0. The van der Waals surface area contributed by atoms with E-state index in [0.717, 1.165) is 12.1 Å². The van der Waals surface area contributed by atoms with Crippen molar-refractivity contribution in [3.63, 3.8) is 0 Å². The molecule has 8 heteroatoms. The van der Waals surface area contributed by atoms with Crippen LogP contribution in [-0.4, -0.2) is 49.8 Å². The Labute approximate surface area is 114 Å². The van der Waals surface area contributed by atoms with E-state index in [0.29, 0.717) is 0 Å². The van der Waals surface area contributed by atoms with Crippen molar-refractivity contribution >= 4 is 5.69 Å². The number of nitro benzene ring substituents is 1. The van der Waals surface area contributed by atoms with Gasteiger partial charge in [-0.05, 0) is 19.1 Å². The molecule has 1 aliphatic rings. The van der Waals surface area contributed by atoms with E-state index in [1.807, 2.05) is 0 Å². The highest BCUT2D eigenvalue weighted by Crippen LogP contribution is 2.36. The summed E-state index contributed by atoms with van der Waals surface area (Å²) < 4.78 is 5.18. The number of benzene rings is 1. The van der Waals surface area contributed by atoms with E-state index in [4.69, 9.17) is 4.74 Å². The normalized spacial score (nSPS) is 37.6. The van der Waals surface area contributed by atoms with Crippen molar-refractivity contribution in [1.82, 2.24) is 0 Å². The van der Waals surface area contributed by atoms with Gasteiger partial charge in [0, 0.05) is 17.7 Å². The Hall–Kier alpha value is -1.58. The number of hydrogen-bond acceptors (Lipinski definition) is 7. The lowest BCUT2D eigenvalue weighted by atomic mass is 9.88. The van der Waals surface area contributed by atoms with Crippen molar-refractivity contribution < 1.29 is 30.1 Å². The minimum Gasteiger partial charge on any atom is -0.388 e. The second kappa shape index (κ2) is 5.08. The van der Waals surface area contributed by atoms with Crippen LogP contribution >= 0.6 is 0 Å². The van der Waals surface area contributed by atoms with Crippen LogP contribution in [0.3, 0.4) is 0 Å². The summed E-state index contributed by atoms with van der Waals surface area (Å²) in [5.74, 6) is -2.24. The number of rotatable bonds is 2. The third-order valence-corrected chi connectivity index (χ3v) is 3.41. The fourth-order valence-corrected chi connectivity index (χ4v) is 2.18. The molecule has 1 aromatic carbocycles. The van der Waals surface area contributed by atoms with Gasteiger partial charge in [-0.2, -0.15) is 0 Å². The van der Waals surface area contributed by atoms with Gasteiger partial charge in [0.25, 0.3) is 5.69 Å². The highest BCUT2D eigenvalue weighted by molar-refractivity contribution is 5.35. The van der Waals surface area contributed by atoms with Gasteiger partial charge in [-0.15, -0.1) is 0 Å². The van der Waals surface area contributed by atoms with E-state index in [2.05, 4.69) is 0 Å². The standard InChI is InChI=1S/C12H15NO7/c1-6-9(14)10(15)11(16)12(17,20-6)7-2-4-8(5-3-7)13(18)19/h2-6,9-11,14-17H,1H3/t6-,9-,10+,11+,12+/m1/s1. The summed E-state index contributed by atoms with van der Waals surface area (Å²) in [4.78, 5) is 9.97. The molecule has 1 saturated heterocycles. The van der Waals surface area contributed by atoms with E-state index < -0.39 is 35.1 Å². The van der Waals surface area contributed by atoms with Crippen LogP contribution in [0.25, 0.3) is 0 Å². The molecule has 0 aromatic heterocycles. The lowest BCUT2D eigenvalue weighted by Gasteiger charge is -2.45. The van der Waals surface area contributed by atoms with Crippen molar-refractivity contribution in [2.45, 2.75) is 37.1 Å². The van der Waals surface area contributed by atoms with Crippen molar-refractivity contribution in [2.75, 3.05) is 0 Å². The van der Waals surface area contributed by atoms with Gasteiger partial charge in [0.1, 0.15) is 18.3 Å². The lowest BCUT2D eigenvalue weighted by Crippen LogP contribution is -2.62. The van der Waals surface area contributed by atoms with Crippen LogP contribution in [0.5, 0.6) is 0 Å². The largest absolute Gasteiger partial charge is 0.388 e. The number of aliphatic hydroxyl groups is 4. The Balaban J connectivity index is 2.36. The number of ether oxygens (including phenoxy) is 1. The third-order valence-electron chi connectivity index (χ3n) is 3.41. The molecule has 1 heterocycles. The van der Waals surface area contributed by atoms with E-state index in [1.165, 1.54) is 19.1 Å². The quantitative estimate of drug-likeness (QED) is 0.414. The van der Waals surface area contributed by atoms with Crippen molar-refractivity contribution in [3.8, 4) is 0 Å². The van der Waals surface area contributed by atoms with Crippen LogP contribution in [0.2, 0.25) is 0 Å². The molecule has 0 amide bonds. The maximum atomic E-state index is 10.6. The Morgan fingerprint density at radius 3 is 2.25 bits per heavy atom. The fourth-order valence-electron chi connectivity index (χ4n) is 2.18. The molecule has 0 saturated carbocycles. The van der Waals surface area contributed by atoms with Crippen LogP contribution in [0.15, 0.2) is 24.3 Å². The smallest absolute Gasteiger partial charge is 0.269 e. The maximum absolute atomic E-state index is 10.6. The van der Waals surface area contributed by atoms with E-state index in [9.17, 15) is 30.5 Å². The summed E-state index contributed by atoms with van der Waals surface area (Å²) in [6, 6.07) is 4.73. The average Bonchev–Trinajstić information content (AvgIpc) is 2.43. The van der Waals surface area contributed by atoms with Gasteiger partial charge in [-0.3, -0.25) is 10.1 Å². The van der Waals surface area contributed by atoms with E-state index in [-0.39, 0.29) is 11.3 Å². The lowest BCUT2D eigenvalue weighted by molar-refractivity contribution is -0.385. The molecular formula is C12H15NO7. The third kappa shape index (κ3) is 2.28. The van der Waals surface area contributed by atoms with Gasteiger partial charge in [0.15, 0.2) is 0 Å². The predicted octanol–water partition coefficient (Wildman–Crippen LogP) is -0.759. The van der Waals surface area contributed by atoms with Gasteiger partial charge >= 0.3 is 0 Å². The molecule has 1 aliphatic heterocycles. The molecule has 0 aliphatic carbocycles. The first kappa shape index (κ1) is 14.8. The molecule has 0 spiro atoms. The van der Waals surface area contributed by atoms with Crippen LogP contribution in [0.1, 0.15) is 12.5 Å². The van der Waals surface area contributed by atoms with Crippen LogP contribution in [0, 0.1) is 10.1 Å².